The first-order chi connectivity index (χ1) is 14.0. The standard InChI is InChI=1S/C23H25N5O/c1-3-17(19-12-26-23(25)28-22(19)24)16-10-20-18(9-14(2)27-20)21(11-16)29-13-15-7-5-4-6-8-15/h4-12,17,27H,3,13H2,1-2H3,(H4,24,25,26,28). The molecule has 29 heavy (non-hydrogen) atoms. The molecule has 0 radical (unpaired) electrons. The molecule has 5 N–H and O–H groups in total. The van der Waals surface area contributed by atoms with Crippen LogP contribution in [0.1, 0.15) is 41.6 Å². The highest BCUT2D eigenvalue weighted by Gasteiger charge is 2.19. The Kier molecular flexibility index (Phi) is 5.08. The highest BCUT2D eigenvalue weighted by Crippen LogP contribution is 2.37. The van der Waals surface area contributed by atoms with Crippen LogP contribution in [0, 0.1) is 6.92 Å². The van der Waals surface area contributed by atoms with Crippen molar-refractivity contribution in [3.63, 3.8) is 0 Å². The minimum Gasteiger partial charge on any atom is -0.488 e. The minimum absolute atomic E-state index is 0.0441. The number of hydrogen-bond donors (Lipinski definition) is 3. The zero-order valence-corrected chi connectivity index (χ0v) is 16.6. The molecule has 0 aliphatic rings. The molecule has 6 heteroatoms. The van der Waals surface area contributed by atoms with E-state index in [0.717, 1.165) is 45.5 Å². The average molecular weight is 387 g/mol. The monoisotopic (exact) mass is 387 g/mol. The second kappa shape index (κ2) is 7.83. The Morgan fingerprint density at radius 1 is 1.10 bits per heavy atom. The highest BCUT2D eigenvalue weighted by molar-refractivity contribution is 5.87. The Morgan fingerprint density at radius 2 is 1.90 bits per heavy atom. The van der Waals surface area contributed by atoms with Gasteiger partial charge in [0.05, 0.1) is 0 Å². The van der Waals surface area contributed by atoms with Crippen molar-refractivity contribution in [2.45, 2.75) is 32.8 Å². The lowest BCUT2D eigenvalue weighted by Gasteiger charge is -2.19. The summed E-state index contributed by atoms with van der Waals surface area (Å²) < 4.78 is 6.24. The number of ether oxygens (including phenoxy) is 1. The molecule has 148 valence electrons. The molecular formula is C23H25N5O. The Morgan fingerprint density at radius 3 is 2.62 bits per heavy atom. The number of benzene rings is 2. The van der Waals surface area contributed by atoms with Crippen LogP contribution in [-0.4, -0.2) is 15.0 Å². The Balaban J connectivity index is 1.75. The van der Waals surface area contributed by atoms with Gasteiger partial charge in [0.2, 0.25) is 5.95 Å². The van der Waals surface area contributed by atoms with Gasteiger partial charge in [-0.2, -0.15) is 4.98 Å². The van der Waals surface area contributed by atoms with Crippen molar-refractivity contribution in [2.75, 3.05) is 11.5 Å². The lowest BCUT2D eigenvalue weighted by Crippen LogP contribution is -2.09. The number of rotatable bonds is 6. The lowest BCUT2D eigenvalue weighted by molar-refractivity contribution is 0.309. The smallest absolute Gasteiger partial charge is 0.221 e. The molecule has 6 nitrogen and oxygen atoms in total. The van der Waals surface area contributed by atoms with Crippen molar-refractivity contribution in [3.05, 3.63) is 77.1 Å². The number of nitrogens with two attached hydrogens (primary N) is 2. The van der Waals surface area contributed by atoms with E-state index in [4.69, 9.17) is 16.2 Å². The third kappa shape index (κ3) is 3.87. The second-order valence-electron chi connectivity index (χ2n) is 7.24. The molecule has 1 atom stereocenters. The Labute approximate surface area is 169 Å². The lowest BCUT2D eigenvalue weighted by atomic mass is 9.89. The van der Waals surface area contributed by atoms with Crippen LogP contribution in [0.25, 0.3) is 10.9 Å². The van der Waals surface area contributed by atoms with Gasteiger partial charge in [-0.1, -0.05) is 37.3 Å². The molecule has 1 unspecified atom stereocenters. The topological polar surface area (TPSA) is 103 Å². The van der Waals surface area contributed by atoms with Crippen molar-refractivity contribution in [1.29, 1.82) is 0 Å². The fourth-order valence-corrected chi connectivity index (χ4v) is 3.74. The van der Waals surface area contributed by atoms with Crippen LogP contribution in [0.4, 0.5) is 11.8 Å². The van der Waals surface area contributed by atoms with E-state index in [1.165, 1.54) is 0 Å². The fourth-order valence-electron chi connectivity index (χ4n) is 3.74. The maximum atomic E-state index is 6.24. The number of nitrogens with one attached hydrogen (secondary N) is 1. The van der Waals surface area contributed by atoms with Crippen molar-refractivity contribution < 1.29 is 4.74 Å². The molecule has 0 saturated carbocycles. The number of anilines is 2. The minimum atomic E-state index is 0.0441. The number of H-pyrrole nitrogens is 1. The quantitative estimate of drug-likeness (QED) is 0.450. The number of fused-ring (bicyclic) bond motifs is 1. The van der Waals surface area contributed by atoms with Gasteiger partial charge in [0.1, 0.15) is 18.2 Å². The zero-order chi connectivity index (χ0) is 20.4. The first-order valence-electron chi connectivity index (χ1n) is 9.73. The predicted molar refractivity (Wildman–Crippen MR) is 117 cm³/mol. The summed E-state index contributed by atoms with van der Waals surface area (Å²) in [6.07, 6.45) is 2.57. The van der Waals surface area contributed by atoms with Gasteiger partial charge in [0.25, 0.3) is 0 Å². The first-order valence-corrected chi connectivity index (χ1v) is 9.73. The molecule has 0 spiro atoms. The third-order valence-electron chi connectivity index (χ3n) is 5.15. The molecular weight excluding hydrogens is 362 g/mol. The molecule has 0 amide bonds. The van der Waals surface area contributed by atoms with Crippen LogP contribution in [-0.2, 0) is 6.61 Å². The number of aromatic amines is 1. The van der Waals surface area contributed by atoms with Crippen LogP contribution in [0.15, 0.2) is 54.7 Å². The van der Waals surface area contributed by atoms with Crippen molar-refractivity contribution >= 4 is 22.7 Å². The van der Waals surface area contributed by atoms with Gasteiger partial charge in [-0.3, -0.25) is 0 Å². The van der Waals surface area contributed by atoms with Gasteiger partial charge in [-0.05, 0) is 42.7 Å². The number of aryl methyl sites for hydroxylation is 1. The molecule has 2 aromatic heterocycles. The summed E-state index contributed by atoms with van der Waals surface area (Å²) in [5, 5.41) is 1.07. The first kappa shape index (κ1) is 18.8. The van der Waals surface area contributed by atoms with Crippen LogP contribution in [0.5, 0.6) is 5.75 Å². The normalized spacial score (nSPS) is 12.2. The fraction of sp³-hybridized carbons (Fsp3) is 0.217. The molecule has 4 rings (SSSR count). The second-order valence-corrected chi connectivity index (χ2v) is 7.24. The van der Waals surface area contributed by atoms with E-state index < -0.39 is 0 Å². The summed E-state index contributed by atoms with van der Waals surface area (Å²) in [6.45, 7) is 4.67. The number of nitrogen functional groups attached to an aromatic ring is 2. The summed E-state index contributed by atoms with van der Waals surface area (Å²) in [5.41, 5.74) is 17.1. The predicted octanol–water partition coefficient (Wildman–Crippen LogP) is 4.55. The molecule has 0 saturated heterocycles. The number of aromatic nitrogens is 3. The van der Waals surface area contributed by atoms with Crippen LogP contribution in [0.2, 0.25) is 0 Å². The van der Waals surface area contributed by atoms with Crippen LogP contribution >= 0.6 is 0 Å². The van der Waals surface area contributed by atoms with Crippen LogP contribution in [0.3, 0.4) is 0 Å². The maximum absolute atomic E-state index is 6.24. The molecule has 0 aliphatic carbocycles. The molecule has 2 aromatic carbocycles. The van der Waals surface area contributed by atoms with E-state index in [-0.39, 0.29) is 11.9 Å². The summed E-state index contributed by atoms with van der Waals surface area (Å²) >= 11 is 0. The number of hydrogen-bond acceptors (Lipinski definition) is 5. The molecule has 0 bridgehead atoms. The number of nitrogens with zero attached hydrogens (tertiary/aromatic N) is 2. The Bertz CT molecular complexity index is 1140. The van der Waals surface area contributed by atoms with Gasteiger partial charge in [-0.25, -0.2) is 4.98 Å². The van der Waals surface area contributed by atoms with Crippen molar-refractivity contribution in [2.24, 2.45) is 0 Å². The molecule has 4 aromatic rings. The molecule has 0 aliphatic heterocycles. The van der Waals surface area contributed by atoms with Crippen molar-refractivity contribution in [3.8, 4) is 5.75 Å². The summed E-state index contributed by atoms with van der Waals surface area (Å²) in [7, 11) is 0. The summed E-state index contributed by atoms with van der Waals surface area (Å²) in [6, 6.07) is 16.5. The van der Waals surface area contributed by atoms with E-state index in [0.29, 0.717) is 12.4 Å². The van der Waals surface area contributed by atoms with E-state index in [2.05, 4.69) is 52.2 Å². The third-order valence-corrected chi connectivity index (χ3v) is 5.15. The van der Waals surface area contributed by atoms with Gasteiger partial charge >= 0.3 is 0 Å². The van der Waals surface area contributed by atoms with Gasteiger partial charge in [-0.15, -0.1) is 0 Å². The van der Waals surface area contributed by atoms with E-state index in [1.807, 2.05) is 25.1 Å². The molecule has 2 heterocycles. The summed E-state index contributed by atoms with van der Waals surface area (Å²) in [4.78, 5) is 11.7. The zero-order valence-electron chi connectivity index (χ0n) is 16.6. The average Bonchev–Trinajstić information content (AvgIpc) is 3.09. The van der Waals surface area contributed by atoms with E-state index in [9.17, 15) is 0 Å². The van der Waals surface area contributed by atoms with Gasteiger partial charge in [0, 0.05) is 34.3 Å². The van der Waals surface area contributed by atoms with Crippen LogP contribution < -0.4 is 16.2 Å². The van der Waals surface area contributed by atoms with E-state index >= 15 is 0 Å². The Hall–Kier alpha value is -3.54. The SMILES string of the molecule is CCC(c1cc(OCc2ccccc2)c2cc(C)[nH]c2c1)c1cnc(N)nc1N. The maximum Gasteiger partial charge on any atom is 0.221 e. The van der Waals surface area contributed by atoms with Crippen molar-refractivity contribution in [1.82, 2.24) is 15.0 Å². The molecule has 0 fully saturated rings. The van der Waals surface area contributed by atoms with Gasteiger partial charge < -0.3 is 21.2 Å². The van der Waals surface area contributed by atoms with E-state index in [1.54, 1.807) is 6.20 Å². The largest absolute Gasteiger partial charge is 0.488 e. The summed E-state index contributed by atoms with van der Waals surface area (Å²) in [5.74, 6) is 1.49. The highest BCUT2D eigenvalue weighted by atomic mass is 16.5. The van der Waals surface area contributed by atoms with Gasteiger partial charge in [0.15, 0.2) is 0 Å².